The van der Waals surface area contributed by atoms with Crippen LogP contribution in [-0.4, -0.2) is 42.3 Å². The number of nitrogens with zero attached hydrogens (tertiary/aromatic N) is 5. The lowest BCUT2D eigenvalue weighted by atomic mass is 10.2. The number of hydrogen-bond acceptors (Lipinski definition) is 4. The fourth-order valence-electron chi connectivity index (χ4n) is 3.13. The van der Waals surface area contributed by atoms with Crippen LogP contribution in [0.1, 0.15) is 28.2 Å². The summed E-state index contributed by atoms with van der Waals surface area (Å²) in [5.74, 6) is -0.0282. The molecule has 24 heavy (non-hydrogen) atoms. The topological polar surface area (TPSA) is 79.7 Å². The van der Waals surface area contributed by atoms with E-state index < -0.39 is 0 Å². The minimum absolute atomic E-state index is 0.0282. The number of H-pyrrole nitrogens is 1. The van der Waals surface area contributed by atoms with Gasteiger partial charge in [0.15, 0.2) is 0 Å². The van der Waals surface area contributed by atoms with E-state index in [1.54, 1.807) is 18.5 Å². The average Bonchev–Trinajstić information content (AvgIpc) is 3.17. The maximum atomic E-state index is 12.8. The summed E-state index contributed by atoms with van der Waals surface area (Å²) in [5, 5.41) is 11.4. The summed E-state index contributed by atoms with van der Waals surface area (Å²) in [6.45, 7) is 1.32. The van der Waals surface area contributed by atoms with Crippen molar-refractivity contribution in [3.05, 3.63) is 53.7 Å². The first-order chi connectivity index (χ1) is 11.7. The monoisotopic (exact) mass is 322 g/mol. The molecule has 0 aliphatic carbocycles. The number of aryl methyl sites for hydroxylation is 1. The highest BCUT2D eigenvalue weighted by atomic mass is 16.2. The van der Waals surface area contributed by atoms with Gasteiger partial charge in [0.25, 0.3) is 5.91 Å². The predicted molar refractivity (Wildman–Crippen MR) is 88.1 cm³/mol. The number of carbonyl (C=O) groups excluding carboxylic acids is 1. The van der Waals surface area contributed by atoms with Gasteiger partial charge in [0, 0.05) is 49.4 Å². The van der Waals surface area contributed by atoms with Crippen molar-refractivity contribution < 1.29 is 4.79 Å². The number of amides is 1. The normalized spacial score (nSPS) is 14.3. The molecule has 0 saturated heterocycles. The molecule has 7 heteroatoms. The van der Waals surface area contributed by atoms with E-state index in [0.29, 0.717) is 12.2 Å². The molecule has 0 bridgehead atoms. The van der Waals surface area contributed by atoms with Crippen molar-refractivity contribution in [1.29, 1.82) is 0 Å². The van der Waals surface area contributed by atoms with Gasteiger partial charge < -0.3 is 4.90 Å². The van der Waals surface area contributed by atoms with Gasteiger partial charge in [-0.05, 0) is 31.0 Å². The van der Waals surface area contributed by atoms with Crippen LogP contribution < -0.4 is 0 Å². The number of nitrogens with one attached hydrogen (secondary N) is 1. The number of hydrogen-bond donors (Lipinski definition) is 1. The van der Waals surface area contributed by atoms with Crippen LogP contribution >= 0.6 is 0 Å². The van der Waals surface area contributed by atoms with Gasteiger partial charge in [-0.2, -0.15) is 10.2 Å². The number of pyridine rings is 1. The van der Waals surface area contributed by atoms with Crippen molar-refractivity contribution in [2.45, 2.75) is 19.4 Å². The molecular formula is C17H18N6O. The highest BCUT2D eigenvalue weighted by Crippen LogP contribution is 2.21. The molecule has 4 rings (SSSR count). The molecule has 1 N–H and O–H groups in total. The molecule has 0 unspecified atom stereocenters. The van der Waals surface area contributed by atoms with E-state index in [9.17, 15) is 4.79 Å². The van der Waals surface area contributed by atoms with Gasteiger partial charge in [0.1, 0.15) is 5.69 Å². The molecule has 0 spiro atoms. The molecular weight excluding hydrogens is 304 g/mol. The lowest BCUT2D eigenvalue weighted by molar-refractivity contribution is 0.0740. The summed E-state index contributed by atoms with van der Waals surface area (Å²) >= 11 is 0. The van der Waals surface area contributed by atoms with E-state index in [1.165, 1.54) is 5.69 Å². The zero-order chi connectivity index (χ0) is 16.5. The summed E-state index contributed by atoms with van der Waals surface area (Å²) < 4.78 is 1.90. The van der Waals surface area contributed by atoms with E-state index in [2.05, 4.69) is 20.3 Å². The zero-order valence-corrected chi connectivity index (χ0v) is 13.4. The third kappa shape index (κ3) is 2.58. The Labute approximate surface area is 139 Å². The van der Waals surface area contributed by atoms with Gasteiger partial charge in [0.05, 0.1) is 11.9 Å². The molecule has 3 aromatic rings. The number of aromatic nitrogens is 5. The SMILES string of the molecule is Cn1ncc2c1CCCN(C(=O)c1cc(-c3ccncc3)n[nH]1)C2. The number of carbonyl (C=O) groups is 1. The van der Waals surface area contributed by atoms with Crippen LogP contribution in [0.15, 0.2) is 36.8 Å². The van der Waals surface area contributed by atoms with Crippen molar-refractivity contribution in [3.63, 3.8) is 0 Å². The Bertz CT molecular complexity index is 866. The quantitative estimate of drug-likeness (QED) is 0.780. The van der Waals surface area contributed by atoms with Crippen molar-refractivity contribution in [1.82, 2.24) is 29.9 Å². The molecule has 0 radical (unpaired) electrons. The second-order valence-corrected chi connectivity index (χ2v) is 5.97. The Kier molecular flexibility index (Phi) is 3.60. The van der Waals surface area contributed by atoms with Gasteiger partial charge in [-0.1, -0.05) is 0 Å². The van der Waals surface area contributed by atoms with Crippen LogP contribution in [0, 0.1) is 0 Å². The molecule has 0 atom stereocenters. The van der Waals surface area contributed by atoms with Crippen LogP contribution in [-0.2, 0) is 20.0 Å². The minimum Gasteiger partial charge on any atom is -0.333 e. The van der Waals surface area contributed by atoms with Gasteiger partial charge in [-0.15, -0.1) is 0 Å². The summed E-state index contributed by atoms with van der Waals surface area (Å²) in [6.07, 6.45) is 7.16. The van der Waals surface area contributed by atoms with Crippen LogP contribution in [0.25, 0.3) is 11.3 Å². The Morgan fingerprint density at radius 2 is 2.12 bits per heavy atom. The zero-order valence-electron chi connectivity index (χ0n) is 13.4. The largest absolute Gasteiger partial charge is 0.333 e. The lowest BCUT2D eigenvalue weighted by Crippen LogP contribution is -2.30. The second-order valence-electron chi connectivity index (χ2n) is 5.97. The summed E-state index contributed by atoms with van der Waals surface area (Å²) in [4.78, 5) is 18.7. The molecule has 0 aromatic carbocycles. The number of aromatic amines is 1. The summed E-state index contributed by atoms with van der Waals surface area (Å²) in [6, 6.07) is 5.54. The first kappa shape index (κ1) is 14.6. The smallest absolute Gasteiger partial charge is 0.272 e. The number of fused-ring (bicyclic) bond motifs is 1. The molecule has 122 valence electrons. The van der Waals surface area contributed by atoms with Crippen LogP contribution in [0.3, 0.4) is 0 Å². The van der Waals surface area contributed by atoms with Gasteiger partial charge in [-0.3, -0.25) is 19.6 Å². The first-order valence-electron chi connectivity index (χ1n) is 7.97. The van der Waals surface area contributed by atoms with Crippen molar-refractivity contribution in [2.24, 2.45) is 7.05 Å². The maximum absolute atomic E-state index is 12.8. The standard InChI is InChI=1S/C17H18N6O/c1-22-16-3-2-8-23(11-13(16)10-19-22)17(24)15-9-14(20-21-15)12-4-6-18-7-5-12/h4-7,9-10H,2-3,8,11H2,1H3,(H,20,21). The lowest BCUT2D eigenvalue weighted by Gasteiger charge is -2.19. The van der Waals surface area contributed by atoms with Gasteiger partial charge in [0.2, 0.25) is 0 Å². The van der Waals surface area contributed by atoms with Gasteiger partial charge >= 0.3 is 0 Å². The first-order valence-corrected chi connectivity index (χ1v) is 7.97. The number of rotatable bonds is 2. The van der Waals surface area contributed by atoms with E-state index in [4.69, 9.17) is 0 Å². The summed E-state index contributed by atoms with van der Waals surface area (Å²) in [5.41, 5.74) is 4.53. The Hall–Kier alpha value is -2.96. The van der Waals surface area contributed by atoms with E-state index in [1.807, 2.05) is 35.0 Å². The molecule has 3 aromatic heterocycles. The highest BCUT2D eigenvalue weighted by molar-refractivity contribution is 5.93. The third-order valence-corrected chi connectivity index (χ3v) is 4.42. The van der Waals surface area contributed by atoms with Gasteiger partial charge in [-0.25, -0.2) is 0 Å². The Balaban J connectivity index is 1.57. The summed E-state index contributed by atoms with van der Waals surface area (Å²) in [7, 11) is 1.95. The fourth-order valence-corrected chi connectivity index (χ4v) is 3.13. The molecule has 0 fully saturated rings. The van der Waals surface area contributed by atoms with Crippen LogP contribution in [0.2, 0.25) is 0 Å². The second kappa shape index (κ2) is 5.92. The van der Waals surface area contributed by atoms with E-state index in [-0.39, 0.29) is 5.91 Å². The Morgan fingerprint density at radius 1 is 1.29 bits per heavy atom. The molecule has 1 aliphatic heterocycles. The third-order valence-electron chi connectivity index (χ3n) is 4.42. The Morgan fingerprint density at radius 3 is 2.96 bits per heavy atom. The predicted octanol–water partition coefficient (Wildman–Crippen LogP) is 1.79. The van der Waals surface area contributed by atoms with Crippen molar-refractivity contribution >= 4 is 5.91 Å². The van der Waals surface area contributed by atoms with Crippen molar-refractivity contribution in [2.75, 3.05) is 6.54 Å². The maximum Gasteiger partial charge on any atom is 0.272 e. The molecule has 1 amide bonds. The van der Waals surface area contributed by atoms with E-state index in [0.717, 1.165) is 36.2 Å². The fraction of sp³-hybridized carbons (Fsp3) is 0.294. The highest BCUT2D eigenvalue weighted by Gasteiger charge is 2.23. The average molecular weight is 322 g/mol. The van der Waals surface area contributed by atoms with Crippen LogP contribution in [0.4, 0.5) is 0 Å². The van der Waals surface area contributed by atoms with Crippen molar-refractivity contribution in [3.8, 4) is 11.3 Å². The van der Waals surface area contributed by atoms with E-state index >= 15 is 0 Å². The molecule has 0 saturated carbocycles. The molecule has 7 nitrogen and oxygen atoms in total. The molecule has 4 heterocycles. The van der Waals surface area contributed by atoms with Crippen LogP contribution in [0.5, 0.6) is 0 Å². The molecule has 1 aliphatic rings. The minimum atomic E-state index is -0.0282.